The van der Waals surface area contributed by atoms with E-state index in [9.17, 15) is 24.0 Å². The van der Waals surface area contributed by atoms with Crippen LogP contribution in [0.25, 0.3) is 0 Å². The summed E-state index contributed by atoms with van der Waals surface area (Å²) in [5, 5.41) is 14.2. The number of hydrogen-bond donors (Lipinski definition) is 3. The first-order valence-electron chi connectivity index (χ1n) is 14.3. The van der Waals surface area contributed by atoms with Gasteiger partial charge in [0.15, 0.2) is 11.7 Å². The van der Waals surface area contributed by atoms with Gasteiger partial charge in [0.2, 0.25) is 5.91 Å². The molecule has 1 amide bonds. The number of ether oxygens (including phenoxy) is 3. The van der Waals surface area contributed by atoms with Gasteiger partial charge < -0.3 is 30.0 Å². The summed E-state index contributed by atoms with van der Waals surface area (Å²) in [4.78, 5) is 58.7. The van der Waals surface area contributed by atoms with E-state index in [1.165, 1.54) is 47.4 Å². The maximum Gasteiger partial charge on any atom is 0.335 e. The van der Waals surface area contributed by atoms with E-state index in [0.29, 0.717) is 5.69 Å². The maximum absolute atomic E-state index is 12.4. The number of carboxylic acids is 1. The van der Waals surface area contributed by atoms with Crippen LogP contribution in [0.4, 0.5) is 11.4 Å². The second-order valence-corrected chi connectivity index (χ2v) is 10.6. The van der Waals surface area contributed by atoms with E-state index in [-0.39, 0.29) is 30.0 Å². The number of anilines is 2. The highest BCUT2D eigenvalue weighted by atomic mass is 16.6. The lowest BCUT2D eigenvalue weighted by Gasteiger charge is -2.15. The predicted molar refractivity (Wildman–Crippen MR) is 174 cm³/mol. The minimum Gasteiger partial charge on any atom is -0.478 e. The molecule has 0 bridgehead atoms. The largest absolute Gasteiger partial charge is 0.478 e. The van der Waals surface area contributed by atoms with Gasteiger partial charge in [-0.15, -0.1) is 0 Å². The van der Waals surface area contributed by atoms with Crippen molar-refractivity contribution in [3.63, 3.8) is 0 Å². The van der Waals surface area contributed by atoms with Crippen molar-refractivity contribution in [2.24, 2.45) is 5.92 Å². The SMILES string of the molecule is C=C(C)C(=O)OCCOC(=O)C(C(C)=O)C(=O)Nc1cc(NC)cc(C(=O)O)c1.Cc1ccc(Oc2ccc(C)c(C)c2)cc1C. The molecule has 0 radical (unpaired) electrons. The summed E-state index contributed by atoms with van der Waals surface area (Å²) in [6, 6.07) is 16.3. The number of aromatic carboxylic acids is 1. The van der Waals surface area contributed by atoms with E-state index in [4.69, 9.17) is 19.3 Å². The van der Waals surface area contributed by atoms with Gasteiger partial charge in [-0.05, 0) is 106 Å². The Hall–Kier alpha value is -5.45. The fraction of sp³-hybridized carbons (Fsp3) is 0.286. The quantitative estimate of drug-likeness (QED) is 0.0944. The fourth-order valence-electron chi connectivity index (χ4n) is 3.81. The number of carboxylic acid groups (broad SMARTS) is 1. The van der Waals surface area contributed by atoms with Gasteiger partial charge in [0.25, 0.3) is 0 Å². The molecule has 1 unspecified atom stereocenters. The molecule has 0 saturated heterocycles. The van der Waals surface area contributed by atoms with Crippen LogP contribution in [-0.2, 0) is 28.7 Å². The highest BCUT2D eigenvalue weighted by molar-refractivity contribution is 6.19. The average molecular weight is 633 g/mol. The summed E-state index contributed by atoms with van der Waals surface area (Å²) in [6.07, 6.45) is 0. The van der Waals surface area contributed by atoms with Gasteiger partial charge in [-0.1, -0.05) is 18.7 Å². The number of ketones is 1. The Balaban J connectivity index is 0.000000364. The Bertz CT molecular complexity index is 1580. The summed E-state index contributed by atoms with van der Waals surface area (Å²) in [5.41, 5.74) is 5.64. The third-order valence-corrected chi connectivity index (χ3v) is 6.74. The molecule has 0 heterocycles. The molecule has 11 nitrogen and oxygen atoms in total. The number of amides is 1. The van der Waals surface area contributed by atoms with E-state index in [1.54, 1.807) is 7.05 Å². The molecule has 0 aliphatic rings. The summed E-state index contributed by atoms with van der Waals surface area (Å²) < 4.78 is 15.4. The Morgan fingerprint density at radius 3 is 1.74 bits per heavy atom. The van der Waals surface area contributed by atoms with Crippen molar-refractivity contribution >= 4 is 41.0 Å². The first-order chi connectivity index (χ1) is 21.6. The highest BCUT2D eigenvalue weighted by Gasteiger charge is 2.33. The zero-order valence-corrected chi connectivity index (χ0v) is 27.1. The van der Waals surface area contributed by atoms with Crippen LogP contribution >= 0.6 is 0 Å². The van der Waals surface area contributed by atoms with Crippen LogP contribution in [0.5, 0.6) is 11.5 Å². The molecular formula is C35H40N2O9. The molecule has 3 aromatic rings. The van der Waals surface area contributed by atoms with Crippen LogP contribution in [0, 0.1) is 33.6 Å². The van der Waals surface area contributed by atoms with E-state index < -0.39 is 35.5 Å². The summed E-state index contributed by atoms with van der Waals surface area (Å²) >= 11 is 0. The van der Waals surface area contributed by atoms with E-state index in [2.05, 4.69) is 69.2 Å². The topological polar surface area (TPSA) is 157 Å². The summed E-state index contributed by atoms with van der Waals surface area (Å²) in [7, 11) is 1.56. The monoisotopic (exact) mass is 632 g/mol. The lowest BCUT2D eigenvalue weighted by molar-refractivity contribution is -0.157. The van der Waals surface area contributed by atoms with Gasteiger partial charge >= 0.3 is 17.9 Å². The number of nitrogens with one attached hydrogen (secondary N) is 2. The number of esters is 2. The Kier molecular flexibility index (Phi) is 13.7. The van der Waals surface area contributed by atoms with E-state index >= 15 is 0 Å². The van der Waals surface area contributed by atoms with Crippen molar-refractivity contribution in [3.8, 4) is 11.5 Å². The molecular weight excluding hydrogens is 592 g/mol. The van der Waals surface area contributed by atoms with Crippen LogP contribution in [0.15, 0.2) is 66.7 Å². The van der Waals surface area contributed by atoms with Gasteiger partial charge in [-0.3, -0.25) is 14.4 Å². The maximum atomic E-state index is 12.4. The van der Waals surface area contributed by atoms with Crippen molar-refractivity contribution in [1.82, 2.24) is 0 Å². The molecule has 3 N–H and O–H groups in total. The number of Topliss-reactive ketones (excluding diaryl/α,β-unsaturated/α-hetero) is 1. The molecule has 3 aromatic carbocycles. The standard InChI is InChI=1S/C19H22N2O8.C16H18O/c1-10(2)18(26)28-5-6-29-19(27)15(11(3)22)16(23)21-14-8-12(17(24)25)7-13(9-14)20-4;1-11-5-7-15(9-13(11)3)17-16-8-6-12(2)14(4)10-16/h7-9,15,20H,1,5-6H2,2-4H3,(H,21,23)(H,24,25);5-10H,1-4H3. The van der Waals surface area contributed by atoms with E-state index in [0.717, 1.165) is 18.4 Å². The number of benzene rings is 3. The Morgan fingerprint density at radius 2 is 1.28 bits per heavy atom. The molecule has 0 spiro atoms. The lowest BCUT2D eigenvalue weighted by Crippen LogP contribution is -2.36. The normalized spacial score (nSPS) is 10.8. The van der Waals surface area contributed by atoms with Gasteiger partial charge in [0.1, 0.15) is 24.7 Å². The average Bonchev–Trinajstić information content (AvgIpc) is 2.98. The molecule has 0 aromatic heterocycles. The first-order valence-corrected chi connectivity index (χ1v) is 14.3. The second-order valence-electron chi connectivity index (χ2n) is 10.6. The van der Waals surface area contributed by atoms with Gasteiger partial charge in [0.05, 0.1) is 5.56 Å². The van der Waals surface area contributed by atoms with Gasteiger partial charge in [0, 0.05) is 24.0 Å². The second kappa shape index (κ2) is 17.1. The highest BCUT2D eigenvalue weighted by Crippen LogP contribution is 2.25. The Labute approximate surface area is 268 Å². The molecule has 0 fully saturated rings. The Morgan fingerprint density at radius 1 is 0.761 bits per heavy atom. The lowest BCUT2D eigenvalue weighted by atomic mass is 10.0. The third kappa shape index (κ3) is 11.2. The van der Waals surface area contributed by atoms with Crippen molar-refractivity contribution in [1.29, 1.82) is 0 Å². The molecule has 0 aliphatic carbocycles. The van der Waals surface area contributed by atoms with Gasteiger partial charge in [-0.2, -0.15) is 0 Å². The predicted octanol–water partition coefficient (Wildman–Crippen LogP) is 5.95. The van der Waals surface area contributed by atoms with Gasteiger partial charge in [-0.25, -0.2) is 9.59 Å². The van der Waals surface area contributed by atoms with Crippen molar-refractivity contribution in [2.75, 3.05) is 30.9 Å². The number of carbonyl (C=O) groups excluding carboxylic acids is 4. The van der Waals surface area contributed by atoms with Crippen LogP contribution in [0.2, 0.25) is 0 Å². The van der Waals surface area contributed by atoms with Crippen LogP contribution in [-0.4, -0.2) is 55.0 Å². The zero-order chi connectivity index (χ0) is 34.6. The fourth-order valence-corrected chi connectivity index (χ4v) is 3.81. The molecule has 244 valence electrons. The number of carbonyl (C=O) groups is 5. The number of aryl methyl sites for hydroxylation is 4. The summed E-state index contributed by atoms with van der Waals surface area (Å²) in [6.45, 7) is 13.7. The van der Waals surface area contributed by atoms with Crippen molar-refractivity contribution in [3.05, 3.63) is 94.6 Å². The van der Waals surface area contributed by atoms with Crippen LogP contribution in [0.3, 0.4) is 0 Å². The molecule has 1 atom stereocenters. The first kappa shape index (κ1) is 36.7. The zero-order valence-electron chi connectivity index (χ0n) is 27.1. The number of rotatable bonds is 12. The minimum absolute atomic E-state index is 0.0775. The van der Waals surface area contributed by atoms with Crippen molar-refractivity contribution < 1.29 is 43.3 Å². The molecule has 0 saturated carbocycles. The van der Waals surface area contributed by atoms with Crippen LogP contribution < -0.4 is 15.4 Å². The minimum atomic E-state index is -1.77. The molecule has 0 aliphatic heterocycles. The third-order valence-electron chi connectivity index (χ3n) is 6.74. The van der Waals surface area contributed by atoms with Crippen molar-refractivity contribution in [2.45, 2.75) is 41.5 Å². The van der Waals surface area contributed by atoms with Crippen LogP contribution in [0.1, 0.15) is 46.5 Å². The molecule has 11 heteroatoms. The molecule has 3 rings (SSSR count). The number of hydrogen-bond acceptors (Lipinski definition) is 9. The smallest absolute Gasteiger partial charge is 0.335 e. The van der Waals surface area contributed by atoms with E-state index in [1.807, 2.05) is 12.1 Å². The summed E-state index contributed by atoms with van der Waals surface area (Å²) in [5.74, 6) is -4.72. The molecule has 46 heavy (non-hydrogen) atoms.